The summed E-state index contributed by atoms with van der Waals surface area (Å²) in [6.45, 7) is 7.36. The second-order valence-electron chi connectivity index (χ2n) is 6.20. The van der Waals surface area contributed by atoms with Gasteiger partial charge in [0.05, 0.1) is 12.0 Å². The lowest BCUT2D eigenvalue weighted by Crippen LogP contribution is -2.52. The lowest BCUT2D eigenvalue weighted by atomic mass is 10.0. The molecule has 1 aliphatic heterocycles. The van der Waals surface area contributed by atoms with Gasteiger partial charge < -0.3 is 15.7 Å². The van der Waals surface area contributed by atoms with Crippen molar-refractivity contribution in [2.45, 2.75) is 26.0 Å². The third-order valence-corrected chi connectivity index (χ3v) is 4.48. The maximum absolute atomic E-state index is 12.3. The minimum atomic E-state index is -0.480. The first-order chi connectivity index (χ1) is 10.5. The molecule has 1 aromatic rings. The molecule has 3 atom stereocenters. The van der Waals surface area contributed by atoms with E-state index in [0.717, 1.165) is 18.7 Å². The number of carbonyl (C=O) groups excluding carboxylic acids is 1. The van der Waals surface area contributed by atoms with Crippen LogP contribution >= 0.6 is 0 Å². The van der Waals surface area contributed by atoms with E-state index in [0.29, 0.717) is 19.6 Å². The Morgan fingerprint density at radius 3 is 2.32 bits per heavy atom. The third-order valence-electron chi connectivity index (χ3n) is 4.48. The van der Waals surface area contributed by atoms with Gasteiger partial charge in [-0.15, -0.1) is 0 Å². The van der Waals surface area contributed by atoms with Crippen LogP contribution in [0.1, 0.15) is 25.5 Å². The number of aliphatic hydroxyl groups excluding tert-OH is 1. The first kappa shape index (κ1) is 16.9. The van der Waals surface area contributed by atoms with E-state index in [9.17, 15) is 9.90 Å². The van der Waals surface area contributed by atoms with E-state index < -0.39 is 6.10 Å². The number of aliphatic hydroxyl groups is 1. The summed E-state index contributed by atoms with van der Waals surface area (Å²) in [6.07, 6.45) is -0.480. The number of nitrogens with zero attached hydrogens (tertiary/aromatic N) is 2. The Kier molecular flexibility index (Phi) is 5.94. The largest absolute Gasteiger partial charge is 0.387 e. The fourth-order valence-corrected chi connectivity index (χ4v) is 2.69. The SMILES string of the molecule is CC(N)C(C)C(=O)N1CCN(CC(O)c2ccccc2)CC1. The molecule has 1 heterocycles. The van der Waals surface area contributed by atoms with Crippen molar-refractivity contribution in [3.8, 4) is 0 Å². The summed E-state index contributed by atoms with van der Waals surface area (Å²) in [5, 5.41) is 10.3. The van der Waals surface area contributed by atoms with Gasteiger partial charge in [0.2, 0.25) is 5.91 Å². The Balaban J connectivity index is 1.81. The van der Waals surface area contributed by atoms with Gasteiger partial charge in [0.15, 0.2) is 0 Å². The van der Waals surface area contributed by atoms with E-state index >= 15 is 0 Å². The third kappa shape index (κ3) is 4.29. The zero-order chi connectivity index (χ0) is 16.1. The van der Waals surface area contributed by atoms with Crippen molar-refractivity contribution < 1.29 is 9.90 Å². The van der Waals surface area contributed by atoms with Crippen LogP contribution in [0.4, 0.5) is 0 Å². The molecule has 3 N–H and O–H groups in total. The van der Waals surface area contributed by atoms with E-state index in [1.165, 1.54) is 0 Å². The number of rotatable bonds is 5. The topological polar surface area (TPSA) is 69.8 Å². The fraction of sp³-hybridized carbons (Fsp3) is 0.588. The lowest BCUT2D eigenvalue weighted by molar-refractivity contribution is -0.137. The highest BCUT2D eigenvalue weighted by molar-refractivity contribution is 5.79. The van der Waals surface area contributed by atoms with Crippen molar-refractivity contribution in [1.82, 2.24) is 9.80 Å². The second kappa shape index (κ2) is 7.72. The van der Waals surface area contributed by atoms with Crippen LogP contribution in [0, 0.1) is 5.92 Å². The van der Waals surface area contributed by atoms with Gasteiger partial charge in [-0.3, -0.25) is 9.69 Å². The standard InChI is InChI=1S/C17H27N3O2/c1-13(14(2)18)17(22)20-10-8-19(9-11-20)12-16(21)15-6-4-3-5-7-15/h3-7,13-14,16,21H,8-12,18H2,1-2H3. The number of hydrogen-bond donors (Lipinski definition) is 2. The number of piperazine rings is 1. The summed E-state index contributed by atoms with van der Waals surface area (Å²) < 4.78 is 0. The van der Waals surface area contributed by atoms with Crippen LogP contribution in [0.15, 0.2) is 30.3 Å². The quantitative estimate of drug-likeness (QED) is 0.846. The van der Waals surface area contributed by atoms with E-state index in [-0.39, 0.29) is 17.9 Å². The first-order valence-corrected chi connectivity index (χ1v) is 7.98. The van der Waals surface area contributed by atoms with Crippen molar-refractivity contribution >= 4 is 5.91 Å². The summed E-state index contributed by atoms with van der Waals surface area (Å²) in [5.74, 6) is -0.000262. The highest BCUT2D eigenvalue weighted by atomic mass is 16.3. The molecule has 1 aromatic carbocycles. The maximum Gasteiger partial charge on any atom is 0.227 e. The van der Waals surface area contributed by atoms with Gasteiger partial charge in [0.1, 0.15) is 0 Å². The summed E-state index contributed by atoms with van der Waals surface area (Å²) in [5.41, 5.74) is 6.75. The molecule has 1 aliphatic rings. The number of hydrogen-bond acceptors (Lipinski definition) is 4. The average Bonchev–Trinajstić information content (AvgIpc) is 2.55. The van der Waals surface area contributed by atoms with Crippen molar-refractivity contribution in [1.29, 1.82) is 0 Å². The Morgan fingerprint density at radius 2 is 1.77 bits per heavy atom. The van der Waals surface area contributed by atoms with Crippen molar-refractivity contribution in [2.24, 2.45) is 11.7 Å². The van der Waals surface area contributed by atoms with E-state index in [1.807, 2.05) is 49.1 Å². The van der Waals surface area contributed by atoms with E-state index in [1.54, 1.807) is 0 Å². The van der Waals surface area contributed by atoms with Gasteiger partial charge in [-0.05, 0) is 12.5 Å². The maximum atomic E-state index is 12.3. The van der Waals surface area contributed by atoms with E-state index in [2.05, 4.69) is 4.90 Å². The molecule has 0 radical (unpaired) electrons. The van der Waals surface area contributed by atoms with Crippen LogP contribution in [0.3, 0.4) is 0 Å². The summed E-state index contributed by atoms with van der Waals surface area (Å²) in [7, 11) is 0. The zero-order valence-electron chi connectivity index (χ0n) is 13.5. The summed E-state index contributed by atoms with van der Waals surface area (Å²) >= 11 is 0. The van der Waals surface area contributed by atoms with Gasteiger partial charge in [-0.25, -0.2) is 0 Å². The van der Waals surface area contributed by atoms with Crippen LogP contribution < -0.4 is 5.73 Å². The van der Waals surface area contributed by atoms with Gasteiger partial charge >= 0.3 is 0 Å². The predicted molar refractivity (Wildman–Crippen MR) is 87.2 cm³/mol. The van der Waals surface area contributed by atoms with E-state index in [4.69, 9.17) is 5.73 Å². The zero-order valence-corrected chi connectivity index (χ0v) is 13.5. The summed E-state index contributed by atoms with van der Waals surface area (Å²) in [6, 6.07) is 9.57. The molecule has 5 nitrogen and oxygen atoms in total. The van der Waals surface area contributed by atoms with Crippen molar-refractivity contribution in [3.05, 3.63) is 35.9 Å². The molecule has 1 saturated heterocycles. The Bertz CT molecular complexity index is 470. The normalized spacial score (nSPS) is 20.5. The molecule has 2 rings (SSSR count). The molecule has 1 fully saturated rings. The second-order valence-corrected chi connectivity index (χ2v) is 6.20. The highest BCUT2D eigenvalue weighted by Gasteiger charge is 2.27. The molecular formula is C17H27N3O2. The first-order valence-electron chi connectivity index (χ1n) is 7.98. The van der Waals surface area contributed by atoms with Crippen molar-refractivity contribution in [2.75, 3.05) is 32.7 Å². The summed E-state index contributed by atoms with van der Waals surface area (Å²) in [4.78, 5) is 16.4. The molecule has 0 saturated carbocycles. The van der Waals surface area contributed by atoms with Gasteiger partial charge in [-0.2, -0.15) is 0 Å². The predicted octanol–water partition coefficient (Wildman–Crippen LogP) is 0.848. The number of amides is 1. The molecule has 22 heavy (non-hydrogen) atoms. The molecule has 5 heteroatoms. The van der Waals surface area contributed by atoms with Crippen LogP contribution in [-0.4, -0.2) is 59.6 Å². The minimum Gasteiger partial charge on any atom is -0.387 e. The number of nitrogens with two attached hydrogens (primary N) is 1. The van der Waals surface area contributed by atoms with Crippen molar-refractivity contribution in [3.63, 3.8) is 0 Å². The van der Waals surface area contributed by atoms with Crippen LogP contribution in [0.25, 0.3) is 0 Å². The molecule has 3 unspecified atom stereocenters. The van der Waals surface area contributed by atoms with Crippen LogP contribution in [-0.2, 0) is 4.79 Å². The molecule has 1 amide bonds. The number of benzene rings is 1. The lowest BCUT2D eigenvalue weighted by Gasteiger charge is -2.37. The van der Waals surface area contributed by atoms with Gasteiger partial charge in [0, 0.05) is 38.8 Å². The number of carbonyl (C=O) groups is 1. The Hall–Kier alpha value is -1.43. The molecule has 0 aliphatic carbocycles. The molecule has 0 aromatic heterocycles. The highest BCUT2D eigenvalue weighted by Crippen LogP contribution is 2.16. The number of β-amino-alcohol motifs (C(OH)–C–C–N with tert-alkyl or cyclic N) is 1. The van der Waals surface area contributed by atoms with Crippen LogP contribution in [0.2, 0.25) is 0 Å². The smallest absolute Gasteiger partial charge is 0.227 e. The molecular weight excluding hydrogens is 278 g/mol. The Labute approximate surface area is 132 Å². The average molecular weight is 305 g/mol. The molecule has 122 valence electrons. The minimum absolute atomic E-state index is 0.120. The molecule has 0 spiro atoms. The fourth-order valence-electron chi connectivity index (χ4n) is 2.69. The van der Waals surface area contributed by atoms with Gasteiger partial charge in [-0.1, -0.05) is 37.3 Å². The monoisotopic (exact) mass is 305 g/mol. The van der Waals surface area contributed by atoms with Gasteiger partial charge in [0.25, 0.3) is 0 Å². The molecule has 0 bridgehead atoms. The van der Waals surface area contributed by atoms with Crippen LogP contribution in [0.5, 0.6) is 0 Å². The Morgan fingerprint density at radius 1 is 1.18 bits per heavy atom.